The number of fused-ring (bicyclic) bond motifs is 1. The van der Waals surface area contributed by atoms with Gasteiger partial charge in [0.05, 0.1) is 23.7 Å². The summed E-state index contributed by atoms with van der Waals surface area (Å²) >= 11 is 1.68. The van der Waals surface area contributed by atoms with E-state index in [9.17, 15) is 9.18 Å². The van der Waals surface area contributed by atoms with Gasteiger partial charge in [-0.2, -0.15) is 5.10 Å². The fourth-order valence-electron chi connectivity index (χ4n) is 4.33. The Balaban J connectivity index is 1.17. The number of carbonyl (C=O) groups is 1. The van der Waals surface area contributed by atoms with Gasteiger partial charge in [0.25, 0.3) is 5.91 Å². The lowest BCUT2D eigenvalue weighted by atomic mass is 10.1. The number of aromatic nitrogens is 3. The molecule has 4 heterocycles. The minimum absolute atomic E-state index is 0.101. The molecule has 0 bridgehead atoms. The molecule has 0 spiro atoms. The lowest BCUT2D eigenvalue weighted by Crippen LogP contribution is -2.48. The number of carbonyl (C=O) groups excluding carboxylic acids is 1. The number of piperazine rings is 1. The van der Waals surface area contributed by atoms with Crippen molar-refractivity contribution in [2.45, 2.75) is 13.5 Å². The summed E-state index contributed by atoms with van der Waals surface area (Å²) in [5, 5.41) is 10.4. The molecule has 34 heavy (non-hydrogen) atoms. The third-order valence-corrected chi connectivity index (χ3v) is 7.01. The molecule has 3 aromatic heterocycles. The van der Waals surface area contributed by atoms with Gasteiger partial charge in [-0.25, -0.2) is 14.1 Å². The van der Waals surface area contributed by atoms with Gasteiger partial charge in [0, 0.05) is 55.5 Å². The molecular formula is C25H27FN6OS. The molecule has 1 aromatic carbocycles. The minimum atomic E-state index is -0.213. The molecule has 0 unspecified atom stereocenters. The largest absolute Gasteiger partial charge is 0.369 e. The predicted molar refractivity (Wildman–Crippen MR) is 133 cm³/mol. The number of anilines is 1. The molecule has 1 amide bonds. The van der Waals surface area contributed by atoms with E-state index in [1.165, 1.54) is 17.0 Å². The van der Waals surface area contributed by atoms with Crippen molar-refractivity contribution in [3.63, 3.8) is 0 Å². The van der Waals surface area contributed by atoms with Crippen LogP contribution >= 0.6 is 11.3 Å². The van der Waals surface area contributed by atoms with Crippen LogP contribution in [0.2, 0.25) is 0 Å². The number of pyridine rings is 1. The molecule has 4 aromatic rings. The van der Waals surface area contributed by atoms with Crippen molar-refractivity contribution >= 4 is 34.0 Å². The second-order valence-corrected chi connectivity index (χ2v) is 9.52. The van der Waals surface area contributed by atoms with E-state index >= 15 is 0 Å². The van der Waals surface area contributed by atoms with Gasteiger partial charge < -0.3 is 10.2 Å². The number of rotatable bonds is 7. The first-order valence-electron chi connectivity index (χ1n) is 11.4. The van der Waals surface area contributed by atoms with E-state index in [1.807, 2.05) is 41.3 Å². The number of halogens is 1. The van der Waals surface area contributed by atoms with Gasteiger partial charge in [0.1, 0.15) is 5.82 Å². The van der Waals surface area contributed by atoms with Crippen molar-refractivity contribution in [3.8, 4) is 0 Å². The number of hydrogen-bond donors (Lipinski definition) is 1. The summed E-state index contributed by atoms with van der Waals surface area (Å²) in [6, 6.07) is 12.6. The zero-order valence-corrected chi connectivity index (χ0v) is 19.9. The van der Waals surface area contributed by atoms with Crippen LogP contribution in [0.25, 0.3) is 11.0 Å². The fourth-order valence-corrected chi connectivity index (χ4v) is 5.02. The van der Waals surface area contributed by atoms with Crippen molar-refractivity contribution in [1.29, 1.82) is 0 Å². The van der Waals surface area contributed by atoms with E-state index in [2.05, 4.69) is 31.3 Å². The molecule has 9 heteroatoms. The molecule has 1 aliphatic heterocycles. The normalized spacial score (nSPS) is 14.6. The Hall–Kier alpha value is -3.30. The van der Waals surface area contributed by atoms with Crippen LogP contribution in [0.4, 0.5) is 10.1 Å². The van der Waals surface area contributed by atoms with Crippen molar-refractivity contribution in [2.24, 2.45) is 0 Å². The Bertz CT molecular complexity index is 1260. The average Bonchev–Trinajstić information content (AvgIpc) is 3.50. The molecule has 1 aliphatic rings. The Kier molecular flexibility index (Phi) is 6.55. The highest BCUT2D eigenvalue weighted by Crippen LogP contribution is 2.21. The summed E-state index contributed by atoms with van der Waals surface area (Å²) in [7, 11) is 0. The Morgan fingerprint density at radius 1 is 1.15 bits per heavy atom. The van der Waals surface area contributed by atoms with Crippen molar-refractivity contribution < 1.29 is 9.18 Å². The Labute approximate surface area is 201 Å². The average molecular weight is 479 g/mol. The lowest BCUT2D eigenvalue weighted by molar-refractivity contribution is 0.0949. The molecule has 1 N–H and O–H groups in total. The van der Waals surface area contributed by atoms with Crippen LogP contribution in [0.3, 0.4) is 0 Å². The van der Waals surface area contributed by atoms with E-state index in [1.54, 1.807) is 17.5 Å². The van der Waals surface area contributed by atoms with Crippen LogP contribution in [0.15, 0.2) is 54.0 Å². The molecule has 1 fully saturated rings. The number of thiophene rings is 1. The predicted octanol–water partition coefficient (Wildman–Crippen LogP) is 3.54. The van der Waals surface area contributed by atoms with Crippen LogP contribution in [0, 0.1) is 12.7 Å². The number of hydrogen-bond acceptors (Lipinski definition) is 6. The smallest absolute Gasteiger partial charge is 0.252 e. The van der Waals surface area contributed by atoms with E-state index in [0.29, 0.717) is 18.7 Å². The monoisotopic (exact) mass is 478 g/mol. The van der Waals surface area contributed by atoms with Crippen molar-refractivity contribution in [2.75, 3.05) is 44.2 Å². The molecular weight excluding hydrogens is 451 g/mol. The second kappa shape index (κ2) is 9.90. The molecule has 5 rings (SSSR count). The summed E-state index contributed by atoms with van der Waals surface area (Å²) in [6.45, 7) is 7.47. The standard InChI is InChI=1S/C25H27FN6OS/c1-18-15-22(23-16-28-32(24(23)29-18)17-21-3-2-14-34-21)25(33)27-8-9-30-10-12-31(13-11-30)20-6-4-19(26)5-7-20/h2-7,14-16H,8-13,17H2,1H3,(H,27,33). The number of amides is 1. The molecule has 0 aliphatic carbocycles. The third-order valence-electron chi connectivity index (χ3n) is 6.15. The SMILES string of the molecule is Cc1cc(C(=O)NCCN2CCN(c3ccc(F)cc3)CC2)c2cnn(Cc3cccs3)c2n1. The highest BCUT2D eigenvalue weighted by Gasteiger charge is 2.19. The van der Waals surface area contributed by atoms with E-state index in [-0.39, 0.29) is 11.7 Å². The summed E-state index contributed by atoms with van der Waals surface area (Å²) in [4.78, 5) is 23.4. The summed E-state index contributed by atoms with van der Waals surface area (Å²) in [6.07, 6.45) is 1.74. The first kappa shape index (κ1) is 22.5. The van der Waals surface area contributed by atoms with Crippen LogP contribution in [-0.2, 0) is 6.54 Å². The zero-order valence-electron chi connectivity index (χ0n) is 19.1. The lowest BCUT2D eigenvalue weighted by Gasteiger charge is -2.36. The first-order chi connectivity index (χ1) is 16.6. The maximum absolute atomic E-state index is 13.2. The molecule has 7 nitrogen and oxygen atoms in total. The highest BCUT2D eigenvalue weighted by molar-refractivity contribution is 7.09. The number of benzene rings is 1. The zero-order chi connectivity index (χ0) is 23.5. The van der Waals surface area contributed by atoms with Gasteiger partial charge in [0.2, 0.25) is 0 Å². The highest BCUT2D eigenvalue weighted by atomic mass is 32.1. The number of aryl methyl sites for hydroxylation is 1. The number of nitrogens with zero attached hydrogens (tertiary/aromatic N) is 5. The van der Waals surface area contributed by atoms with Crippen molar-refractivity contribution in [1.82, 2.24) is 25.0 Å². The minimum Gasteiger partial charge on any atom is -0.369 e. The van der Waals surface area contributed by atoms with E-state index < -0.39 is 0 Å². The summed E-state index contributed by atoms with van der Waals surface area (Å²) in [5.74, 6) is -0.314. The van der Waals surface area contributed by atoms with Gasteiger partial charge in [-0.15, -0.1) is 11.3 Å². The third kappa shape index (κ3) is 4.95. The van der Waals surface area contributed by atoms with Crippen molar-refractivity contribution in [3.05, 3.63) is 76.0 Å². The van der Waals surface area contributed by atoms with Crippen LogP contribution in [0.5, 0.6) is 0 Å². The molecule has 1 saturated heterocycles. The van der Waals surface area contributed by atoms with E-state index in [0.717, 1.165) is 55.1 Å². The Morgan fingerprint density at radius 3 is 2.68 bits per heavy atom. The first-order valence-corrected chi connectivity index (χ1v) is 12.3. The van der Waals surface area contributed by atoms with Gasteiger partial charge in [-0.05, 0) is 48.7 Å². The Morgan fingerprint density at radius 2 is 1.94 bits per heavy atom. The molecule has 176 valence electrons. The quantitative estimate of drug-likeness (QED) is 0.440. The van der Waals surface area contributed by atoms with E-state index in [4.69, 9.17) is 0 Å². The summed E-state index contributed by atoms with van der Waals surface area (Å²) < 4.78 is 15.0. The summed E-state index contributed by atoms with van der Waals surface area (Å²) in [5.41, 5.74) is 3.19. The maximum Gasteiger partial charge on any atom is 0.252 e. The molecule has 0 radical (unpaired) electrons. The molecule has 0 atom stereocenters. The number of nitrogens with one attached hydrogen (secondary N) is 1. The topological polar surface area (TPSA) is 66.3 Å². The van der Waals surface area contributed by atoms with Gasteiger partial charge in [-0.1, -0.05) is 6.07 Å². The molecule has 0 saturated carbocycles. The van der Waals surface area contributed by atoms with Gasteiger partial charge in [0.15, 0.2) is 5.65 Å². The van der Waals surface area contributed by atoms with Crippen LogP contribution in [-0.4, -0.2) is 64.8 Å². The second-order valence-electron chi connectivity index (χ2n) is 8.49. The maximum atomic E-state index is 13.2. The van der Waals surface area contributed by atoms with Gasteiger partial charge >= 0.3 is 0 Å². The van der Waals surface area contributed by atoms with Crippen LogP contribution < -0.4 is 10.2 Å². The van der Waals surface area contributed by atoms with Crippen LogP contribution in [0.1, 0.15) is 20.9 Å². The van der Waals surface area contributed by atoms with Gasteiger partial charge in [-0.3, -0.25) is 9.69 Å². The fraction of sp³-hybridized carbons (Fsp3) is 0.320.